The fourth-order valence-electron chi connectivity index (χ4n) is 2.16. The van der Waals surface area contributed by atoms with Gasteiger partial charge in [-0.15, -0.1) is 5.10 Å². The molecule has 1 heterocycles. The van der Waals surface area contributed by atoms with Gasteiger partial charge in [0.2, 0.25) is 5.89 Å². The van der Waals surface area contributed by atoms with Gasteiger partial charge < -0.3 is 4.42 Å². The van der Waals surface area contributed by atoms with Gasteiger partial charge in [0.15, 0.2) is 5.78 Å². The predicted molar refractivity (Wildman–Crippen MR) is 95.9 cm³/mol. The van der Waals surface area contributed by atoms with Crippen LogP contribution in [0.25, 0.3) is 11.5 Å². The lowest BCUT2D eigenvalue weighted by Crippen LogP contribution is -2.12. The molecule has 1 aromatic heterocycles. The summed E-state index contributed by atoms with van der Waals surface area (Å²) in [5.41, 5.74) is 0.773. The molecule has 0 aliphatic heterocycles. The standard InChI is InChI=1S/C16H10BrN3O4S/c17-12-5-1-4-11(7-12)15-18-19(16(25)24-15)9-14(21)10-3-2-6-13(8-10)20(22)23/h1-8H,9H2. The smallest absolute Gasteiger partial charge is 0.287 e. The van der Waals surface area contributed by atoms with Crippen LogP contribution < -0.4 is 0 Å². The van der Waals surface area contributed by atoms with Gasteiger partial charge >= 0.3 is 0 Å². The zero-order valence-corrected chi connectivity index (χ0v) is 15.0. The maximum Gasteiger partial charge on any atom is 0.287 e. The van der Waals surface area contributed by atoms with E-state index in [4.69, 9.17) is 16.6 Å². The number of benzene rings is 2. The van der Waals surface area contributed by atoms with E-state index in [1.54, 1.807) is 6.07 Å². The number of ketones is 1. The molecule has 0 unspecified atom stereocenters. The summed E-state index contributed by atoms with van der Waals surface area (Å²) in [6.07, 6.45) is 0. The Hall–Kier alpha value is -2.65. The molecular weight excluding hydrogens is 410 g/mol. The molecule has 0 aliphatic carbocycles. The largest absolute Gasteiger partial charge is 0.409 e. The molecule has 0 fully saturated rings. The maximum absolute atomic E-state index is 12.4. The van der Waals surface area contributed by atoms with Crippen LogP contribution in [0.5, 0.6) is 0 Å². The lowest BCUT2D eigenvalue weighted by Gasteiger charge is -2.00. The number of carbonyl (C=O) groups excluding carboxylic acids is 1. The van der Waals surface area contributed by atoms with E-state index < -0.39 is 4.92 Å². The minimum Gasteiger partial charge on any atom is -0.409 e. The van der Waals surface area contributed by atoms with Crippen molar-refractivity contribution < 1.29 is 14.1 Å². The number of halogens is 1. The van der Waals surface area contributed by atoms with Crippen LogP contribution in [-0.4, -0.2) is 20.5 Å². The molecule has 0 atom stereocenters. The van der Waals surface area contributed by atoms with Crippen LogP contribution in [0.15, 0.2) is 57.4 Å². The molecule has 0 bridgehead atoms. The Morgan fingerprint density at radius 1 is 1.28 bits per heavy atom. The van der Waals surface area contributed by atoms with Crippen molar-refractivity contribution in [3.05, 3.63) is 73.5 Å². The van der Waals surface area contributed by atoms with Gasteiger partial charge in [-0.05, 0) is 30.4 Å². The molecule has 0 aliphatic rings. The second kappa shape index (κ2) is 7.08. The summed E-state index contributed by atoms with van der Waals surface area (Å²) in [6, 6.07) is 12.8. The molecule has 0 saturated heterocycles. The average molecular weight is 420 g/mol. The summed E-state index contributed by atoms with van der Waals surface area (Å²) in [5.74, 6) is -0.0629. The van der Waals surface area contributed by atoms with Crippen molar-refractivity contribution in [1.29, 1.82) is 0 Å². The topological polar surface area (TPSA) is 91.2 Å². The number of hydrogen-bond acceptors (Lipinski definition) is 6. The number of carbonyl (C=O) groups is 1. The fourth-order valence-corrected chi connectivity index (χ4v) is 2.75. The summed E-state index contributed by atoms with van der Waals surface area (Å²) in [6.45, 7) is -0.169. The van der Waals surface area contributed by atoms with Crippen molar-refractivity contribution in [2.75, 3.05) is 0 Å². The third-order valence-electron chi connectivity index (χ3n) is 3.35. The summed E-state index contributed by atoms with van der Waals surface area (Å²) in [5, 5.41) is 15.0. The Balaban J connectivity index is 1.86. The van der Waals surface area contributed by atoms with Crippen LogP contribution in [0.3, 0.4) is 0 Å². The quantitative estimate of drug-likeness (QED) is 0.263. The highest BCUT2D eigenvalue weighted by atomic mass is 79.9. The Morgan fingerprint density at radius 3 is 2.76 bits per heavy atom. The van der Waals surface area contributed by atoms with Crippen LogP contribution >= 0.6 is 28.1 Å². The summed E-state index contributed by atoms with van der Waals surface area (Å²) in [4.78, 5) is 22.7. The number of Topliss-reactive ketones (excluding diaryl/α,β-unsaturated/α-hetero) is 1. The van der Waals surface area contributed by atoms with Gasteiger partial charge in [0, 0.05) is 27.7 Å². The number of nitro benzene ring substituents is 1. The summed E-state index contributed by atoms with van der Waals surface area (Å²) >= 11 is 8.47. The van der Waals surface area contributed by atoms with Gasteiger partial charge in [-0.2, -0.15) is 0 Å². The molecule has 25 heavy (non-hydrogen) atoms. The van der Waals surface area contributed by atoms with Gasteiger partial charge in [-0.25, -0.2) is 4.68 Å². The average Bonchev–Trinajstić information content (AvgIpc) is 2.96. The van der Waals surface area contributed by atoms with E-state index in [0.29, 0.717) is 5.56 Å². The maximum atomic E-state index is 12.4. The van der Waals surface area contributed by atoms with Gasteiger partial charge in [0.05, 0.1) is 4.92 Å². The lowest BCUT2D eigenvalue weighted by molar-refractivity contribution is -0.384. The first-order valence-electron chi connectivity index (χ1n) is 7.05. The van der Waals surface area contributed by atoms with E-state index in [1.165, 1.54) is 28.9 Å². The Morgan fingerprint density at radius 2 is 2.04 bits per heavy atom. The monoisotopic (exact) mass is 419 g/mol. The number of hydrogen-bond donors (Lipinski definition) is 0. The Kier molecular flexibility index (Phi) is 4.86. The summed E-state index contributed by atoms with van der Waals surface area (Å²) < 4.78 is 7.55. The van der Waals surface area contributed by atoms with Crippen molar-refractivity contribution in [3.63, 3.8) is 0 Å². The lowest BCUT2D eigenvalue weighted by atomic mass is 10.1. The molecule has 9 heteroatoms. The SMILES string of the molecule is O=C(Cn1nc(-c2cccc(Br)c2)oc1=S)c1cccc([N+](=O)[O-])c1. The first kappa shape index (κ1) is 17.2. The summed E-state index contributed by atoms with van der Waals surface area (Å²) in [7, 11) is 0. The number of non-ortho nitro benzene ring substituents is 1. The first-order chi connectivity index (χ1) is 11.9. The zero-order chi connectivity index (χ0) is 18.0. The molecule has 0 N–H and O–H groups in total. The molecule has 0 radical (unpaired) electrons. The van der Waals surface area contributed by atoms with E-state index in [2.05, 4.69) is 21.0 Å². The van der Waals surface area contributed by atoms with Gasteiger partial charge in [0.1, 0.15) is 6.54 Å². The zero-order valence-electron chi connectivity index (χ0n) is 12.6. The predicted octanol–water partition coefficient (Wildman–Crippen LogP) is 4.43. The van der Waals surface area contributed by atoms with Crippen molar-refractivity contribution >= 4 is 39.6 Å². The molecule has 0 saturated carbocycles. The molecule has 3 rings (SSSR count). The molecule has 126 valence electrons. The van der Waals surface area contributed by atoms with E-state index >= 15 is 0 Å². The third kappa shape index (κ3) is 3.89. The van der Waals surface area contributed by atoms with Gasteiger partial charge in [-0.3, -0.25) is 14.9 Å². The number of aromatic nitrogens is 2. The van der Waals surface area contributed by atoms with Crippen LogP contribution in [-0.2, 0) is 6.54 Å². The van der Waals surface area contributed by atoms with Crippen molar-refractivity contribution in [2.45, 2.75) is 6.54 Å². The highest BCUT2D eigenvalue weighted by Gasteiger charge is 2.15. The van der Waals surface area contributed by atoms with Crippen LogP contribution in [0, 0.1) is 15.0 Å². The fraction of sp³-hybridized carbons (Fsp3) is 0.0625. The van der Waals surface area contributed by atoms with Crippen molar-refractivity contribution in [3.8, 4) is 11.5 Å². The van der Waals surface area contributed by atoms with Crippen LogP contribution in [0.1, 0.15) is 10.4 Å². The molecule has 0 amide bonds. The van der Waals surface area contributed by atoms with Crippen molar-refractivity contribution in [2.24, 2.45) is 0 Å². The highest BCUT2D eigenvalue weighted by Crippen LogP contribution is 2.22. The van der Waals surface area contributed by atoms with E-state index in [9.17, 15) is 14.9 Å². The van der Waals surface area contributed by atoms with E-state index in [1.807, 2.05) is 18.2 Å². The first-order valence-corrected chi connectivity index (χ1v) is 8.26. The third-order valence-corrected chi connectivity index (χ3v) is 4.14. The van der Waals surface area contributed by atoms with Crippen LogP contribution in [0.4, 0.5) is 5.69 Å². The minimum absolute atomic E-state index is 0.0498. The Labute approximate surface area is 155 Å². The second-order valence-electron chi connectivity index (χ2n) is 5.07. The molecule has 7 nitrogen and oxygen atoms in total. The van der Waals surface area contributed by atoms with E-state index in [0.717, 1.165) is 4.47 Å². The molecule has 3 aromatic rings. The highest BCUT2D eigenvalue weighted by molar-refractivity contribution is 9.10. The van der Waals surface area contributed by atoms with Gasteiger partial charge in [-0.1, -0.05) is 34.1 Å². The van der Waals surface area contributed by atoms with Crippen LogP contribution in [0.2, 0.25) is 0 Å². The normalized spacial score (nSPS) is 10.6. The molecule has 0 spiro atoms. The van der Waals surface area contributed by atoms with Gasteiger partial charge in [0.25, 0.3) is 10.5 Å². The molecule has 2 aromatic carbocycles. The molecular formula is C16H10BrN3O4S. The second-order valence-corrected chi connectivity index (χ2v) is 6.34. The van der Waals surface area contributed by atoms with E-state index in [-0.39, 0.29) is 34.3 Å². The minimum atomic E-state index is -0.552. The Bertz CT molecular complexity index is 1030. The van der Waals surface area contributed by atoms with Crippen molar-refractivity contribution in [1.82, 2.24) is 9.78 Å². The number of rotatable bonds is 5. The number of nitrogens with zero attached hydrogens (tertiary/aromatic N) is 3. The number of nitro groups is 1.